The Labute approximate surface area is 178 Å². The molecule has 2 aliphatic heterocycles. The number of aliphatic hydroxyl groups is 2. The number of methoxy groups -OCH3 is 1. The van der Waals surface area contributed by atoms with Crippen LogP contribution >= 0.6 is 0 Å². The first-order chi connectivity index (χ1) is 14.6. The van der Waals surface area contributed by atoms with Crippen molar-refractivity contribution in [3.63, 3.8) is 0 Å². The molecule has 1 unspecified atom stereocenters. The molecule has 1 aromatic rings. The summed E-state index contributed by atoms with van der Waals surface area (Å²) >= 11 is 0. The average Bonchev–Trinajstić information content (AvgIpc) is 3.06. The summed E-state index contributed by atoms with van der Waals surface area (Å²) in [4.78, 5) is 2.56. The van der Waals surface area contributed by atoms with Crippen LogP contribution in [0.5, 0.6) is 11.5 Å². The molecule has 2 heterocycles. The molecular weight excluding hydrogens is 382 g/mol. The number of likely N-dealkylation sites (tertiary alicyclic amines) is 1. The van der Waals surface area contributed by atoms with Crippen LogP contribution in [-0.2, 0) is 16.6 Å². The summed E-state index contributed by atoms with van der Waals surface area (Å²) in [5, 5.41) is 23.3. The summed E-state index contributed by atoms with van der Waals surface area (Å²) in [5.41, 5.74) is 0.981. The molecule has 5 aliphatic rings. The van der Waals surface area contributed by atoms with Crippen molar-refractivity contribution in [1.82, 2.24) is 4.90 Å². The third-order valence-electron chi connectivity index (χ3n) is 8.79. The molecule has 164 valence electrons. The van der Waals surface area contributed by atoms with Crippen molar-refractivity contribution in [3.05, 3.63) is 23.3 Å². The lowest BCUT2D eigenvalue weighted by Crippen LogP contribution is -2.77. The predicted molar refractivity (Wildman–Crippen MR) is 111 cm³/mol. The van der Waals surface area contributed by atoms with Crippen LogP contribution in [0, 0.1) is 5.92 Å². The maximum Gasteiger partial charge on any atom is 0.166 e. The van der Waals surface area contributed by atoms with Crippen molar-refractivity contribution < 1.29 is 24.4 Å². The van der Waals surface area contributed by atoms with Gasteiger partial charge in [0, 0.05) is 25.3 Å². The second kappa shape index (κ2) is 6.83. The topological polar surface area (TPSA) is 71.4 Å². The van der Waals surface area contributed by atoms with Crippen molar-refractivity contribution in [2.24, 2.45) is 5.92 Å². The highest BCUT2D eigenvalue weighted by Crippen LogP contribution is 2.65. The minimum absolute atomic E-state index is 0.101. The van der Waals surface area contributed by atoms with E-state index in [0.717, 1.165) is 43.2 Å². The zero-order valence-electron chi connectivity index (χ0n) is 17.8. The Morgan fingerprint density at radius 3 is 2.83 bits per heavy atom. The summed E-state index contributed by atoms with van der Waals surface area (Å²) in [5.74, 6) is 2.24. The number of piperidine rings is 1. The van der Waals surface area contributed by atoms with Gasteiger partial charge in [0.1, 0.15) is 12.7 Å². The van der Waals surface area contributed by atoms with Gasteiger partial charge in [-0.15, -0.1) is 0 Å². The van der Waals surface area contributed by atoms with Gasteiger partial charge in [-0.25, -0.2) is 0 Å². The van der Waals surface area contributed by atoms with Gasteiger partial charge in [-0.3, -0.25) is 4.90 Å². The third kappa shape index (κ3) is 2.39. The summed E-state index contributed by atoms with van der Waals surface area (Å²) in [6.07, 6.45) is 5.92. The monoisotopic (exact) mass is 415 g/mol. The van der Waals surface area contributed by atoms with E-state index in [1.165, 1.54) is 24.8 Å². The maximum atomic E-state index is 12.3. The van der Waals surface area contributed by atoms with Crippen molar-refractivity contribution in [2.45, 2.75) is 74.2 Å². The number of ether oxygens (including phenoxy) is 3. The normalized spacial score (nSPS) is 39.2. The van der Waals surface area contributed by atoms with Gasteiger partial charge in [0.15, 0.2) is 11.5 Å². The minimum atomic E-state index is -0.859. The Morgan fingerprint density at radius 1 is 1.20 bits per heavy atom. The first-order valence-electron chi connectivity index (χ1n) is 11.7. The zero-order valence-corrected chi connectivity index (χ0v) is 17.8. The molecule has 0 aromatic heterocycles. The molecule has 1 saturated heterocycles. The molecule has 3 fully saturated rings. The van der Waals surface area contributed by atoms with Gasteiger partial charge in [-0.05, 0) is 62.6 Å². The highest BCUT2D eigenvalue weighted by atomic mass is 16.6. The van der Waals surface area contributed by atoms with Crippen LogP contribution in [0.3, 0.4) is 0 Å². The van der Waals surface area contributed by atoms with E-state index in [-0.39, 0.29) is 6.04 Å². The molecule has 30 heavy (non-hydrogen) atoms. The van der Waals surface area contributed by atoms with E-state index in [1.54, 1.807) is 7.11 Å². The third-order valence-corrected chi connectivity index (χ3v) is 8.79. The molecule has 6 heteroatoms. The lowest BCUT2D eigenvalue weighted by molar-refractivity contribution is -0.209. The second-order valence-electron chi connectivity index (χ2n) is 10.1. The van der Waals surface area contributed by atoms with Crippen LogP contribution in [-0.4, -0.2) is 72.4 Å². The number of rotatable bonds is 6. The van der Waals surface area contributed by atoms with E-state index >= 15 is 0 Å². The molecule has 0 amide bonds. The molecule has 2 N–H and O–H groups in total. The van der Waals surface area contributed by atoms with Gasteiger partial charge in [0.25, 0.3) is 0 Å². The smallest absolute Gasteiger partial charge is 0.166 e. The zero-order chi connectivity index (χ0) is 20.5. The van der Waals surface area contributed by atoms with Gasteiger partial charge in [-0.2, -0.15) is 0 Å². The molecule has 3 aliphatic carbocycles. The highest BCUT2D eigenvalue weighted by Gasteiger charge is 2.72. The van der Waals surface area contributed by atoms with Crippen molar-refractivity contribution in [3.8, 4) is 11.5 Å². The van der Waals surface area contributed by atoms with E-state index < -0.39 is 23.2 Å². The van der Waals surface area contributed by atoms with Gasteiger partial charge < -0.3 is 24.4 Å². The van der Waals surface area contributed by atoms with Crippen LogP contribution in [0.25, 0.3) is 0 Å². The molecule has 6 rings (SSSR count). The standard InChI is InChI=1S/C24H33NO5/c1-28-11-12-29-18-6-5-16-13-19-24(27)8-7-17(26)22-23(24,20(16)21(18)30-22)9-10-25(19)14-15-3-2-4-15/h5-6,15,17,19,22,26-27H,2-4,7-14H2,1H3/t17-,19+,22?,23-,24+/m0/s1. The summed E-state index contributed by atoms with van der Waals surface area (Å²) in [6, 6.07) is 4.26. The number of aliphatic hydroxyl groups excluding tert-OH is 1. The Kier molecular flexibility index (Phi) is 4.40. The quantitative estimate of drug-likeness (QED) is 0.693. The van der Waals surface area contributed by atoms with E-state index in [2.05, 4.69) is 11.0 Å². The molecule has 6 nitrogen and oxygen atoms in total. The fourth-order valence-corrected chi connectivity index (χ4v) is 7.17. The van der Waals surface area contributed by atoms with E-state index in [9.17, 15) is 10.2 Å². The molecule has 0 radical (unpaired) electrons. The van der Waals surface area contributed by atoms with Crippen LogP contribution < -0.4 is 9.47 Å². The average molecular weight is 416 g/mol. The van der Waals surface area contributed by atoms with Crippen LogP contribution in [0.1, 0.15) is 49.7 Å². The predicted octanol–water partition coefficient (Wildman–Crippen LogP) is 2.03. The fraction of sp³-hybridized carbons (Fsp3) is 0.750. The molecule has 1 spiro atoms. The van der Waals surface area contributed by atoms with Crippen molar-refractivity contribution in [1.29, 1.82) is 0 Å². The Balaban J connectivity index is 1.44. The van der Waals surface area contributed by atoms with Gasteiger partial charge in [0.2, 0.25) is 0 Å². The molecular formula is C24H33NO5. The Morgan fingerprint density at radius 2 is 2.07 bits per heavy atom. The van der Waals surface area contributed by atoms with Gasteiger partial charge in [-0.1, -0.05) is 12.5 Å². The number of benzene rings is 1. The van der Waals surface area contributed by atoms with Gasteiger partial charge >= 0.3 is 0 Å². The Hall–Kier alpha value is -1.34. The lowest BCUT2D eigenvalue weighted by atomic mass is 9.48. The van der Waals surface area contributed by atoms with E-state index in [4.69, 9.17) is 14.2 Å². The molecule has 1 aromatic carbocycles. The van der Waals surface area contributed by atoms with E-state index in [0.29, 0.717) is 31.8 Å². The highest BCUT2D eigenvalue weighted by molar-refractivity contribution is 5.63. The Bertz CT molecular complexity index is 841. The second-order valence-corrected chi connectivity index (χ2v) is 10.1. The van der Waals surface area contributed by atoms with E-state index in [1.807, 2.05) is 6.07 Å². The SMILES string of the molecule is COCCOc1ccc2c3c1OC1[C@@H](O)CC[C@@]4(O)[C@@H](C2)N(CC2CCC2)CC[C@]314. The van der Waals surface area contributed by atoms with Crippen LogP contribution in [0.4, 0.5) is 0 Å². The summed E-state index contributed by atoms with van der Waals surface area (Å²) in [7, 11) is 1.66. The van der Waals surface area contributed by atoms with Crippen LogP contribution in [0.2, 0.25) is 0 Å². The first kappa shape index (κ1) is 19.4. The number of hydrogen-bond acceptors (Lipinski definition) is 6. The molecule has 5 atom stereocenters. The largest absolute Gasteiger partial charge is 0.487 e. The lowest BCUT2D eigenvalue weighted by Gasteiger charge is -2.64. The van der Waals surface area contributed by atoms with Crippen LogP contribution in [0.15, 0.2) is 12.1 Å². The van der Waals surface area contributed by atoms with Gasteiger partial charge in [0.05, 0.1) is 23.7 Å². The first-order valence-corrected chi connectivity index (χ1v) is 11.7. The number of nitrogens with zero attached hydrogens (tertiary/aromatic N) is 1. The summed E-state index contributed by atoms with van der Waals surface area (Å²) in [6.45, 7) is 3.02. The fourth-order valence-electron chi connectivity index (χ4n) is 7.17. The van der Waals surface area contributed by atoms with Crippen molar-refractivity contribution in [2.75, 3.05) is 33.4 Å². The number of hydrogen-bond donors (Lipinski definition) is 2. The minimum Gasteiger partial charge on any atom is -0.487 e. The maximum absolute atomic E-state index is 12.3. The molecule has 2 saturated carbocycles. The van der Waals surface area contributed by atoms with Crippen molar-refractivity contribution >= 4 is 0 Å². The molecule has 2 bridgehead atoms. The summed E-state index contributed by atoms with van der Waals surface area (Å²) < 4.78 is 17.6.